The molecule has 0 spiro atoms. The molecule has 114 valence electrons. The number of hydrogen-bond donors (Lipinski definition) is 1. The molecule has 0 saturated carbocycles. The molecule has 0 unspecified atom stereocenters. The summed E-state index contributed by atoms with van der Waals surface area (Å²) < 4.78 is 7.65. The lowest BCUT2D eigenvalue weighted by Crippen LogP contribution is -2.07. The van der Waals surface area contributed by atoms with Crippen LogP contribution in [0.1, 0.15) is 46.6 Å². The summed E-state index contributed by atoms with van der Waals surface area (Å²) in [4.78, 5) is 0. The van der Waals surface area contributed by atoms with E-state index in [0.717, 1.165) is 35.5 Å². The first-order chi connectivity index (χ1) is 10.0. The molecule has 0 radical (unpaired) electrons. The Morgan fingerprint density at radius 1 is 1.14 bits per heavy atom. The van der Waals surface area contributed by atoms with Gasteiger partial charge >= 0.3 is 0 Å². The van der Waals surface area contributed by atoms with E-state index in [1.165, 1.54) is 0 Å². The topological polar surface area (TPSA) is 53.1 Å². The summed E-state index contributed by atoms with van der Waals surface area (Å²) in [5, 5.41) is 4.66. The van der Waals surface area contributed by atoms with E-state index in [0.29, 0.717) is 6.04 Å². The Kier molecular flexibility index (Phi) is 4.89. The first kappa shape index (κ1) is 15.4. The fraction of sp³-hybridized carbons (Fsp3) is 0.471. The van der Waals surface area contributed by atoms with Crippen LogP contribution in [0.5, 0.6) is 5.75 Å². The van der Waals surface area contributed by atoms with Crippen LogP contribution in [-0.2, 0) is 0 Å². The van der Waals surface area contributed by atoms with Crippen molar-refractivity contribution < 1.29 is 4.74 Å². The number of nitrogen functional groups attached to an aromatic ring is 1. The molecule has 4 heteroatoms. The number of nitrogens with zero attached hydrogens (tertiary/aromatic N) is 2. The number of anilines is 1. The van der Waals surface area contributed by atoms with Gasteiger partial charge in [-0.3, -0.25) is 4.68 Å². The van der Waals surface area contributed by atoms with Crippen molar-refractivity contribution in [3.8, 4) is 17.0 Å². The van der Waals surface area contributed by atoms with Gasteiger partial charge in [0.2, 0.25) is 0 Å². The van der Waals surface area contributed by atoms with Gasteiger partial charge in [-0.15, -0.1) is 0 Å². The lowest BCUT2D eigenvalue weighted by atomic mass is 10.1. The van der Waals surface area contributed by atoms with Crippen LogP contribution in [0, 0.1) is 0 Å². The van der Waals surface area contributed by atoms with E-state index in [1.807, 2.05) is 49.0 Å². The van der Waals surface area contributed by atoms with Gasteiger partial charge in [0.15, 0.2) is 0 Å². The molecule has 1 heterocycles. The van der Waals surface area contributed by atoms with Gasteiger partial charge in [-0.25, -0.2) is 0 Å². The van der Waals surface area contributed by atoms with E-state index < -0.39 is 0 Å². The minimum atomic E-state index is 0.176. The molecule has 0 saturated heterocycles. The zero-order chi connectivity index (χ0) is 15.4. The van der Waals surface area contributed by atoms with Gasteiger partial charge in [-0.05, 0) is 51.0 Å². The van der Waals surface area contributed by atoms with Gasteiger partial charge in [-0.1, -0.05) is 13.8 Å². The highest BCUT2D eigenvalue weighted by Crippen LogP contribution is 2.28. The molecular formula is C17H25N3O. The summed E-state index contributed by atoms with van der Waals surface area (Å²) in [6.07, 6.45) is 4.22. The predicted octanol–water partition coefficient (Wildman–Crippen LogP) is 4.28. The van der Waals surface area contributed by atoms with Crippen LogP contribution >= 0.6 is 0 Å². The molecule has 1 aromatic carbocycles. The molecule has 4 nitrogen and oxygen atoms in total. The molecule has 0 atom stereocenters. The minimum Gasteiger partial charge on any atom is -0.491 e. The summed E-state index contributed by atoms with van der Waals surface area (Å²) in [5.41, 5.74) is 8.71. The number of benzene rings is 1. The second kappa shape index (κ2) is 6.66. The van der Waals surface area contributed by atoms with Gasteiger partial charge in [0.05, 0.1) is 17.8 Å². The van der Waals surface area contributed by atoms with Gasteiger partial charge in [-0.2, -0.15) is 5.10 Å². The highest BCUT2D eigenvalue weighted by atomic mass is 16.5. The lowest BCUT2D eigenvalue weighted by molar-refractivity contribution is 0.242. The molecule has 21 heavy (non-hydrogen) atoms. The van der Waals surface area contributed by atoms with Crippen molar-refractivity contribution in [3.63, 3.8) is 0 Å². The van der Waals surface area contributed by atoms with Crippen molar-refractivity contribution in [3.05, 3.63) is 30.5 Å². The number of nitrogens with two attached hydrogens (primary N) is 1. The van der Waals surface area contributed by atoms with Gasteiger partial charge < -0.3 is 10.5 Å². The summed E-state index contributed by atoms with van der Waals surface area (Å²) in [6, 6.07) is 8.35. The third-order valence-corrected chi connectivity index (χ3v) is 3.58. The Bertz CT molecular complexity index is 568. The van der Waals surface area contributed by atoms with Crippen LogP contribution < -0.4 is 10.5 Å². The Balaban J connectivity index is 2.25. The van der Waals surface area contributed by atoms with Crippen molar-refractivity contribution in [2.45, 2.75) is 52.7 Å². The fourth-order valence-corrected chi connectivity index (χ4v) is 2.44. The number of ether oxygens (including phenoxy) is 1. The number of aromatic nitrogens is 2. The number of hydrogen-bond acceptors (Lipinski definition) is 3. The van der Waals surface area contributed by atoms with E-state index in [2.05, 4.69) is 18.9 Å². The third kappa shape index (κ3) is 3.57. The van der Waals surface area contributed by atoms with Crippen molar-refractivity contribution in [2.24, 2.45) is 0 Å². The first-order valence-corrected chi connectivity index (χ1v) is 7.66. The number of rotatable bonds is 6. The van der Waals surface area contributed by atoms with Crippen molar-refractivity contribution >= 4 is 5.69 Å². The summed E-state index contributed by atoms with van der Waals surface area (Å²) in [5.74, 6) is 0.867. The normalized spacial score (nSPS) is 11.3. The molecule has 0 bridgehead atoms. The Hall–Kier alpha value is -1.97. The quantitative estimate of drug-likeness (QED) is 0.862. The van der Waals surface area contributed by atoms with Crippen LogP contribution in [0.2, 0.25) is 0 Å². The van der Waals surface area contributed by atoms with E-state index in [9.17, 15) is 0 Å². The molecule has 0 aliphatic rings. The zero-order valence-corrected chi connectivity index (χ0v) is 13.3. The first-order valence-electron chi connectivity index (χ1n) is 7.66. The summed E-state index contributed by atoms with van der Waals surface area (Å²) >= 11 is 0. The molecule has 0 amide bonds. The van der Waals surface area contributed by atoms with Gasteiger partial charge in [0, 0.05) is 11.8 Å². The average molecular weight is 287 g/mol. The van der Waals surface area contributed by atoms with Crippen molar-refractivity contribution in [2.75, 3.05) is 5.73 Å². The highest BCUT2D eigenvalue weighted by Gasteiger charge is 2.13. The van der Waals surface area contributed by atoms with E-state index in [-0.39, 0.29) is 6.10 Å². The van der Waals surface area contributed by atoms with Crippen molar-refractivity contribution in [1.82, 2.24) is 9.78 Å². The molecule has 2 aromatic rings. The highest BCUT2D eigenvalue weighted by molar-refractivity contribution is 5.72. The Morgan fingerprint density at radius 3 is 2.29 bits per heavy atom. The van der Waals surface area contributed by atoms with Crippen LogP contribution in [0.25, 0.3) is 11.3 Å². The standard InChI is InChI=1S/C17H25N3O/c1-5-14(6-2)20-11-16(18)17(19-20)13-7-9-15(10-8-13)21-12(3)4/h7-12,14H,5-6,18H2,1-4H3. The van der Waals surface area contributed by atoms with Gasteiger partial charge in [0.25, 0.3) is 0 Å². The Morgan fingerprint density at radius 2 is 1.76 bits per heavy atom. The maximum atomic E-state index is 6.12. The minimum absolute atomic E-state index is 0.176. The molecule has 1 aromatic heterocycles. The van der Waals surface area contributed by atoms with Gasteiger partial charge in [0.1, 0.15) is 11.4 Å². The smallest absolute Gasteiger partial charge is 0.119 e. The molecule has 2 N–H and O–H groups in total. The van der Waals surface area contributed by atoms with E-state index in [1.54, 1.807) is 0 Å². The maximum Gasteiger partial charge on any atom is 0.119 e. The Labute approximate surface area is 126 Å². The third-order valence-electron chi connectivity index (χ3n) is 3.58. The molecule has 0 fully saturated rings. The second-order valence-corrected chi connectivity index (χ2v) is 5.57. The second-order valence-electron chi connectivity index (χ2n) is 5.57. The molecule has 0 aliphatic heterocycles. The summed E-state index contributed by atoms with van der Waals surface area (Å²) in [7, 11) is 0. The van der Waals surface area contributed by atoms with Crippen molar-refractivity contribution in [1.29, 1.82) is 0 Å². The fourth-order valence-electron chi connectivity index (χ4n) is 2.44. The monoisotopic (exact) mass is 287 g/mol. The van der Waals surface area contributed by atoms with E-state index >= 15 is 0 Å². The van der Waals surface area contributed by atoms with E-state index in [4.69, 9.17) is 10.5 Å². The van der Waals surface area contributed by atoms with Crippen LogP contribution in [0.15, 0.2) is 30.5 Å². The summed E-state index contributed by atoms with van der Waals surface area (Å²) in [6.45, 7) is 8.37. The lowest BCUT2D eigenvalue weighted by Gasteiger charge is -2.12. The average Bonchev–Trinajstić information content (AvgIpc) is 2.82. The maximum absolute atomic E-state index is 6.12. The SMILES string of the molecule is CCC(CC)n1cc(N)c(-c2ccc(OC(C)C)cc2)n1. The van der Waals surface area contributed by atoms with Crippen LogP contribution in [0.4, 0.5) is 5.69 Å². The predicted molar refractivity (Wildman–Crippen MR) is 87.5 cm³/mol. The molecular weight excluding hydrogens is 262 g/mol. The molecule has 0 aliphatic carbocycles. The van der Waals surface area contributed by atoms with Crippen LogP contribution in [0.3, 0.4) is 0 Å². The largest absolute Gasteiger partial charge is 0.491 e. The zero-order valence-electron chi connectivity index (χ0n) is 13.3. The molecule has 2 rings (SSSR count). The van der Waals surface area contributed by atoms with Crippen LogP contribution in [-0.4, -0.2) is 15.9 Å².